The second-order valence-corrected chi connectivity index (χ2v) is 3.74. The molecule has 1 fully saturated rings. The van der Waals surface area contributed by atoms with Gasteiger partial charge in [0.1, 0.15) is 0 Å². The maximum atomic E-state index is 3.44. The van der Waals surface area contributed by atoms with Crippen LogP contribution in [0.15, 0.2) is 0 Å². The van der Waals surface area contributed by atoms with Crippen molar-refractivity contribution in [3.63, 3.8) is 0 Å². The normalized spacial score (nSPS) is 20.1. The fourth-order valence-corrected chi connectivity index (χ4v) is 1.83. The summed E-state index contributed by atoms with van der Waals surface area (Å²) < 4.78 is 0. The second kappa shape index (κ2) is 5.14. The Hall–Kier alpha value is 0.440. The Bertz CT molecular complexity index is 79.3. The van der Waals surface area contributed by atoms with Crippen molar-refractivity contribution in [1.82, 2.24) is 4.90 Å². The Balaban J connectivity index is 1.91. The molecule has 0 aromatic heterocycles. The molecule has 1 aliphatic rings. The van der Waals surface area contributed by atoms with Gasteiger partial charge in [-0.3, -0.25) is 0 Å². The Morgan fingerprint density at radius 1 is 1.10 bits per heavy atom. The van der Waals surface area contributed by atoms with Crippen LogP contribution in [0.1, 0.15) is 25.7 Å². The maximum absolute atomic E-state index is 3.44. The minimum Gasteiger partial charge on any atom is -0.303 e. The fraction of sp³-hybridized carbons (Fsp3) is 1.00. The molecule has 0 N–H and O–H groups in total. The van der Waals surface area contributed by atoms with Crippen LogP contribution in [-0.2, 0) is 0 Å². The molecule has 0 aromatic carbocycles. The van der Waals surface area contributed by atoms with Crippen molar-refractivity contribution < 1.29 is 0 Å². The molecule has 0 spiro atoms. The molecule has 1 saturated heterocycles. The molecule has 0 saturated carbocycles. The van der Waals surface area contributed by atoms with Gasteiger partial charge in [0.25, 0.3) is 0 Å². The Kier molecular flexibility index (Phi) is 4.39. The molecular weight excluding hydrogens is 190 g/mol. The van der Waals surface area contributed by atoms with Gasteiger partial charge in [0.05, 0.1) is 0 Å². The quantitative estimate of drug-likeness (QED) is 0.503. The first-order valence-corrected chi connectivity index (χ1v) is 5.34. The second-order valence-electron chi connectivity index (χ2n) is 2.94. The van der Waals surface area contributed by atoms with Gasteiger partial charge in [0.15, 0.2) is 0 Å². The van der Waals surface area contributed by atoms with Crippen LogP contribution in [0.4, 0.5) is 0 Å². The summed E-state index contributed by atoms with van der Waals surface area (Å²) in [6.07, 6.45) is 5.55. The van der Waals surface area contributed by atoms with Crippen LogP contribution in [0.2, 0.25) is 0 Å². The maximum Gasteiger partial charge on any atom is 0.00317 e. The third-order valence-corrected chi connectivity index (χ3v) is 2.62. The van der Waals surface area contributed by atoms with Crippen molar-refractivity contribution in [3.8, 4) is 0 Å². The van der Waals surface area contributed by atoms with Crippen molar-refractivity contribution in [2.75, 3.05) is 25.0 Å². The molecule has 1 aliphatic heterocycles. The lowest BCUT2D eigenvalue weighted by Gasteiger charge is -2.12. The summed E-state index contributed by atoms with van der Waals surface area (Å²) in [4.78, 5) is 2.57. The smallest absolute Gasteiger partial charge is 0.00317 e. The van der Waals surface area contributed by atoms with Crippen LogP contribution in [0.25, 0.3) is 0 Å². The number of likely N-dealkylation sites (tertiary alicyclic amines) is 1. The summed E-state index contributed by atoms with van der Waals surface area (Å²) >= 11 is 3.44. The average molecular weight is 206 g/mol. The lowest BCUT2D eigenvalue weighted by atomic mass is 10.3. The van der Waals surface area contributed by atoms with Crippen LogP contribution < -0.4 is 0 Å². The summed E-state index contributed by atoms with van der Waals surface area (Å²) in [7, 11) is 0. The largest absolute Gasteiger partial charge is 0.303 e. The Labute approximate surface area is 71.9 Å². The Morgan fingerprint density at radius 2 is 1.80 bits per heavy atom. The fourth-order valence-electron chi connectivity index (χ4n) is 1.44. The van der Waals surface area contributed by atoms with Crippen molar-refractivity contribution >= 4 is 15.9 Å². The molecule has 0 unspecified atom stereocenters. The molecular formula is C8H16BrN. The van der Waals surface area contributed by atoms with Gasteiger partial charge in [-0.15, -0.1) is 0 Å². The summed E-state index contributed by atoms with van der Waals surface area (Å²) in [5, 5.41) is 1.17. The molecule has 0 amide bonds. The molecule has 0 aliphatic carbocycles. The van der Waals surface area contributed by atoms with Crippen LogP contribution >= 0.6 is 15.9 Å². The molecule has 1 nitrogen and oxygen atoms in total. The van der Waals surface area contributed by atoms with Gasteiger partial charge in [0.2, 0.25) is 0 Å². The molecule has 60 valence electrons. The minimum atomic E-state index is 1.17. The zero-order valence-corrected chi connectivity index (χ0v) is 8.07. The number of hydrogen-bond acceptors (Lipinski definition) is 1. The zero-order valence-electron chi connectivity index (χ0n) is 6.48. The standard InChI is InChI=1S/C8H16BrN/c9-5-1-2-6-10-7-3-4-8-10/h1-8H2. The van der Waals surface area contributed by atoms with E-state index in [4.69, 9.17) is 0 Å². The van der Waals surface area contributed by atoms with Gasteiger partial charge < -0.3 is 4.90 Å². The van der Waals surface area contributed by atoms with Gasteiger partial charge in [-0.25, -0.2) is 0 Å². The molecule has 0 radical (unpaired) electrons. The predicted molar refractivity (Wildman–Crippen MR) is 48.7 cm³/mol. The van der Waals surface area contributed by atoms with E-state index in [1.807, 2.05) is 0 Å². The first kappa shape index (κ1) is 8.54. The van der Waals surface area contributed by atoms with Crippen molar-refractivity contribution in [3.05, 3.63) is 0 Å². The number of alkyl halides is 1. The van der Waals surface area contributed by atoms with Gasteiger partial charge in [0, 0.05) is 5.33 Å². The summed E-state index contributed by atoms with van der Waals surface area (Å²) in [5.41, 5.74) is 0. The van der Waals surface area contributed by atoms with E-state index in [0.29, 0.717) is 0 Å². The van der Waals surface area contributed by atoms with Crippen LogP contribution in [0.5, 0.6) is 0 Å². The molecule has 0 bridgehead atoms. The molecule has 1 rings (SSSR count). The number of unbranched alkanes of at least 4 members (excludes halogenated alkanes) is 1. The molecule has 1 heterocycles. The van der Waals surface area contributed by atoms with E-state index in [1.165, 1.54) is 50.6 Å². The van der Waals surface area contributed by atoms with E-state index >= 15 is 0 Å². The minimum absolute atomic E-state index is 1.17. The highest BCUT2D eigenvalue weighted by Gasteiger charge is 2.09. The first-order chi connectivity index (χ1) is 4.93. The van der Waals surface area contributed by atoms with E-state index in [0.717, 1.165) is 0 Å². The van der Waals surface area contributed by atoms with Crippen LogP contribution in [0, 0.1) is 0 Å². The van der Waals surface area contributed by atoms with E-state index in [2.05, 4.69) is 20.8 Å². The van der Waals surface area contributed by atoms with Crippen molar-refractivity contribution in [1.29, 1.82) is 0 Å². The number of rotatable bonds is 4. The number of hydrogen-bond donors (Lipinski definition) is 0. The number of halogens is 1. The lowest BCUT2D eigenvalue weighted by Crippen LogP contribution is -2.20. The third kappa shape index (κ3) is 3.02. The summed E-state index contributed by atoms with van der Waals surface area (Å²) in [6, 6.07) is 0. The number of nitrogens with zero attached hydrogens (tertiary/aromatic N) is 1. The van der Waals surface area contributed by atoms with E-state index in [-0.39, 0.29) is 0 Å². The van der Waals surface area contributed by atoms with Gasteiger partial charge in [-0.2, -0.15) is 0 Å². The van der Waals surface area contributed by atoms with Crippen LogP contribution in [0.3, 0.4) is 0 Å². The molecule has 0 atom stereocenters. The molecule has 10 heavy (non-hydrogen) atoms. The van der Waals surface area contributed by atoms with E-state index in [1.54, 1.807) is 0 Å². The Morgan fingerprint density at radius 3 is 2.40 bits per heavy atom. The monoisotopic (exact) mass is 205 g/mol. The molecule has 0 aromatic rings. The summed E-state index contributed by atoms with van der Waals surface area (Å²) in [6.45, 7) is 4.02. The van der Waals surface area contributed by atoms with Crippen molar-refractivity contribution in [2.45, 2.75) is 25.7 Å². The highest BCUT2D eigenvalue weighted by Crippen LogP contribution is 2.08. The highest BCUT2D eigenvalue weighted by atomic mass is 79.9. The topological polar surface area (TPSA) is 3.24 Å². The van der Waals surface area contributed by atoms with Crippen molar-refractivity contribution in [2.24, 2.45) is 0 Å². The summed E-state index contributed by atoms with van der Waals surface area (Å²) in [5.74, 6) is 0. The molecule has 2 heteroatoms. The van der Waals surface area contributed by atoms with Gasteiger partial charge in [-0.1, -0.05) is 15.9 Å². The average Bonchev–Trinajstić information content (AvgIpc) is 2.41. The van der Waals surface area contributed by atoms with E-state index in [9.17, 15) is 0 Å². The first-order valence-electron chi connectivity index (χ1n) is 4.22. The highest BCUT2D eigenvalue weighted by molar-refractivity contribution is 9.09. The predicted octanol–water partition coefficient (Wildman–Crippen LogP) is 2.26. The SMILES string of the molecule is BrCCCCN1CCCC1. The third-order valence-electron chi connectivity index (χ3n) is 2.06. The lowest BCUT2D eigenvalue weighted by molar-refractivity contribution is 0.333. The van der Waals surface area contributed by atoms with Gasteiger partial charge in [-0.05, 0) is 45.3 Å². The zero-order chi connectivity index (χ0) is 7.23. The van der Waals surface area contributed by atoms with Crippen LogP contribution in [-0.4, -0.2) is 29.9 Å². The van der Waals surface area contributed by atoms with Gasteiger partial charge >= 0.3 is 0 Å². The van der Waals surface area contributed by atoms with E-state index < -0.39 is 0 Å².